The lowest BCUT2D eigenvalue weighted by Crippen LogP contribution is -2.35. The molecular formula is C24H26BrN3O4. The van der Waals surface area contributed by atoms with Crippen molar-refractivity contribution < 1.29 is 19.4 Å². The van der Waals surface area contributed by atoms with Crippen molar-refractivity contribution >= 4 is 38.4 Å². The van der Waals surface area contributed by atoms with E-state index < -0.39 is 12.0 Å². The fraction of sp³-hybridized carbons (Fsp3) is 0.375. The number of rotatable bonds is 4. The molecule has 0 aliphatic carbocycles. The van der Waals surface area contributed by atoms with E-state index in [4.69, 9.17) is 9.47 Å². The molecule has 1 atom stereocenters. The van der Waals surface area contributed by atoms with E-state index in [0.29, 0.717) is 23.4 Å². The molecule has 1 amide bonds. The van der Waals surface area contributed by atoms with Crippen molar-refractivity contribution in [2.24, 2.45) is 10.2 Å². The van der Waals surface area contributed by atoms with Gasteiger partial charge < -0.3 is 19.1 Å². The second kappa shape index (κ2) is 8.58. The van der Waals surface area contributed by atoms with Crippen LogP contribution in [-0.2, 0) is 16.8 Å². The largest absolute Gasteiger partial charge is 0.493 e. The lowest BCUT2D eigenvalue weighted by Gasteiger charge is -2.27. The van der Waals surface area contributed by atoms with Crippen molar-refractivity contribution in [1.29, 1.82) is 0 Å². The summed E-state index contributed by atoms with van der Waals surface area (Å²) in [5, 5.41) is 19.4. The topological polar surface area (TPSA) is 85.4 Å². The van der Waals surface area contributed by atoms with Crippen LogP contribution in [0, 0.1) is 0 Å². The second-order valence-corrected chi connectivity index (χ2v) is 9.77. The van der Waals surface area contributed by atoms with Gasteiger partial charge in [-0.2, -0.15) is 0 Å². The third-order valence-electron chi connectivity index (χ3n) is 5.41. The van der Waals surface area contributed by atoms with Gasteiger partial charge >= 0.3 is 5.91 Å². The Morgan fingerprint density at radius 2 is 2.00 bits per heavy atom. The van der Waals surface area contributed by atoms with Gasteiger partial charge in [-0.25, -0.2) is 0 Å². The van der Waals surface area contributed by atoms with E-state index in [1.54, 1.807) is 4.57 Å². The third kappa shape index (κ3) is 4.24. The van der Waals surface area contributed by atoms with Gasteiger partial charge in [-0.3, -0.25) is 4.79 Å². The molecule has 0 spiro atoms. The molecule has 7 nitrogen and oxygen atoms in total. The summed E-state index contributed by atoms with van der Waals surface area (Å²) in [7, 11) is 0. The normalized spacial score (nSPS) is 16.1. The number of benzene rings is 2. The molecule has 4 rings (SSSR count). The predicted molar refractivity (Wildman–Crippen MR) is 126 cm³/mol. The Morgan fingerprint density at radius 1 is 1.22 bits per heavy atom. The van der Waals surface area contributed by atoms with Crippen LogP contribution in [0.25, 0.3) is 10.9 Å². The van der Waals surface area contributed by atoms with Crippen molar-refractivity contribution in [3.8, 4) is 17.4 Å². The van der Waals surface area contributed by atoms with E-state index in [1.807, 2.05) is 43.3 Å². The van der Waals surface area contributed by atoms with Crippen LogP contribution in [0.1, 0.15) is 39.7 Å². The predicted octanol–water partition coefficient (Wildman–Crippen LogP) is 6.27. The maximum Gasteiger partial charge on any atom is 0.308 e. The summed E-state index contributed by atoms with van der Waals surface area (Å²) in [6.45, 7) is 9.02. The van der Waals surface area contributed by atoms with Crippen molar-refractivity contribution in [1.82, 2.24) is 4.57 Å². The summed E-state index contributed by atoms with van der Waals surface area (Å²) in [5.41, 5.74) is 2.10. The zero-order valence-electron chi connectivity index (χ0n) is 18.6. The van der Waals surface area contributed by atoms with Crippen LogP contribution in [-0.4, -0.2) is 28.3 Å². The van der Waals surface area contributed by atoms with Gasteiger partial charge in [0.25, 0.3) is 0 Å². The highest BCUT2D eigenvalue weighted by molar-refractivity contribution is 9.10. The van der Waals surface area contributed by atoms with Crippen LogP contribution in [0.3, 0.4) is 0 Å². The van der Waals surface area contributed by atoms with Gasteiger partial charge in [-0.05, 0) is 47.7 Å². The summed E-state index contributed by atoms with van der Waals surface area (Å²) in [4.78, 5) is 12.7. The molecule has 2 heterocycles. The number of nitrogens with zero attached hydrogens (tertiary/aromatic N) is 3. The van der Waals surface area contributed by atoms with Gasteiger partial charge in [0.15, 0.2) is 17.2 Å². The lowest BCUT2D eigenvalue weighted by molar-refractivity contribution is -0.127. The van der Waals surface area contributed by atoms with Crippen LogP contribution >= 0.6 is 15.9 Å². The highest BCUT2D eigenvalue weighted by Crippen LogP contribution is 2.41. The van der Waals surface area contributed by atoms with Crippen LogP contribution < -0.4 is 9.47 Å². The van der Waals surface area contributed by atoms with E-state index >= 15 is 0 Å². The first-order valence-electron chi connectivity index (χ1n) is 10.6. The first-order valence-corrected chi connectivity index (χ1v) is 11.4. The van der Waals surface area contributed by atoms with Gasteiger partial charge in [0.05, 0.1) is 5.52 Å². The number of azo groups is 1. The number of ether oxygens (including phenoxy) is 2. The second-order valence-electron chi connectivity index (χ2n) is 8.85. The highest BCUT2D eigenvalue weighted by Gasteiger charge is 2.29. The quantitative estimate of drug-likeness (QED) is 0.428. The average Bonchev–Trinajstić information content (AvgIpc) is 3.01. The molecule has 1 aliphatic heterocycles. The van der Waals surface area contributed by atoms with Gasteiger partial charge in [-0.1, -0.05) is 49.7 Å². The molecule has 0 radical (unpaired) electrons. The highest BCUT2D eigenvalue weighted by atomic mass is 79.9. The van der Waals surface area contributed by atoms with Gasteiger partial charge in [0.1, 0.15) is 6.61 Å². The van der Waals surface area contributed by atoms with Gasteiger partial charge in [0.2, 0.25) is 12.0 Å². The smallest absolute Gasteiger partial charge is 0.308 e. The molecule has 32 heavy (non-hydrogen) atoms. The van der Waals surface area contributed by atoms with Gasteiger partial charge in [-0.15, -0.1) is 10.2 Å². The maximum atomic E-state index is 12.7. The molecule has 1 N–H and O–H groups in total. The standard InChI is InChI=1S/C24H26BrN3O4/c1-5-10-28-17-8-7-15(25)12-16(17)21(23(28)30)26-27-22(29)20-13-31-18-9-6-14(24(2,3)4)11-19(18)32-20/h6-9,11-12,20,30H,5,10,13H2,1-4H3/t20-/m0/s1. The maximum absolute atomic E-state index is 12.7. The number of halogens is 1. The minimum atomic E-state index is -0.903. The minimum absolute atomic E-state index is 0.0162. The van der Waals surface area contributed by atoms with E-state index in [-0.39, 0.29) is 23.6 Å². The molecule has 0 saturated heterocycles. The average molecular weight is 500 g/mol. The Morgan fingerprint density at radius 3 is 2.72 bits per heavy atom. The molecule has 1 aliphatic rings. The molecular weight excluding hydrogens is 474 g/mol. The summed E-state index contributed by atoms with van der Waals surface area (Å²) < 4.78 is 14.2. The zero-order valence-corrected chi connectivity index (χ0v) is 20.1. The summed E-state index contributed by atoms with van der Waals surface area (Å²) in [5.74, 6) is 0.535. The molecule has 0 saturated carbocycles. The van der Waals surface area contributed by atoms with Crippen LogP contribution in [0.15, 0.2) is 51.1 Å². The van der Waals surface area contributed by atoms with Crippen molar-refractivity contribution in [3.05, 3.63) is 46.4 Å². The Hall–Kier alpha value is -2.87. The Bertz CT molecular complexity index is 1210. The molecule has 8 heteroatoms. The number of aromatic hydroxyl groups is 1. The number of hydrogen-bond acceptors (Lipinski definition) is 5. The molecule has 2 aromatic carbocycles. The third-order valence-corrected chi connectivity index (χ3v) is 5.91. The fourth-order valence-electron chi connectivity index (χ4n) is 3.67. The summed E-state index contributed by atoms with van der Waals surface area (Å²) >= 11 is 3.45. The Labute approximate surface area is 195 Å². The van der Waals surface area contributed by atoms with E-state index in [9.17, 15) is 9.90 Å². The first kappa shape index (κ1) is 22.3. The molecule has 168 valence electrons. The van der Waals surface area contributed by atoms with Crippen LogP contribution in [0.4, 0.5) is 5.69 Å². The monoisotopic (exact) mass is 499 g/mol. The number of amides is 1. The number of aryl methyl sites for hydroxylation is 1. The van der Waals surface area contributed by atoms with E-state index in [1.165, 1.54) is 0 Å². The number of fused-ring (bicyclic) bond motifs is 2. The Balaban J connectivity index is 1.60. The molecule has 0 bridgehead atoms. The SMILES string of the molecule is CCCn1c(O)c(N=NC(=O)[C@@H]2COc3ccc(C(C)(C)C)cc3O2)c2cc(Br)ccc21. The molecule has 0 fully saturated rings. The van der Waals surface area contributed by atoms with Gasteiger partial charge in [0, 0.05) is 16.4 Å². The molecule has 1 aromatic heterocycles. The Kier molecular flexibility index (Phi) is 5.99. The van der Waals surface area contributed by atoms with Crippen LogP contribution in [0.5, 0.6) is 17.4 Å². The summed E-state index contributed by atoms with van der Waals surface area (Å²) in [6, 6.07) is 11.4. The first-order chi connectivity index (χ1) is 15.2. The molecule has 3 aromatic rings. The fourth-order valence-corrected chi connectivity index (χ4v) is 4.03. The van der Waals surface area contributed by atoms with E-state index in [2.05, 4.69) is 46.9 Å². The van der Waals surface area contributed by atoms with Crippen molar-refractivity contribution in [2.45, 2.75) is 52.2 Å². The van der Waals surface area contributed by atoms with E-state index in [0.717, 1.165) is 22.0 Å². The minimum Gasteiger partial charge on any atom is -0.493 e. The number of aromatic nitrogens is 1. The number of hydrogen-bond donors (Lipinski definition) is 1. The summed E-state index contributed by atoms with van der Waals surface area (Å²) in [6.07, 6.45) is -0.0640. The van der Waals surface area contributed by atoms with Crippen LogP contribution in [0.2, 0.25) is 0 Å². The molecule has 0 unspecified atom stereocenters. The number of carbonyl (C=O) groups is 1. The van der Waals surface area contributed by atoms with Crippen molar-refractivity contribution in [3.63, 3.8) is 0 Å². The lowest BCUT2D eigenvalue weighted by atomic mass is 9.87. The van der Waals surface area contributed by atoms with Crippen molar-refractivity contribution in [2.75, 3.05) is 6.61 Å². The zero-order chi connectivity index (χ0) is 23.0. The number of carbonyl (C=O) groups excluding carboxylic acids is 1.